The summed E-state index contributed by atoms with van der Waals surface area (Å²) >= 11 is 0. The van der Waals surface area contributed by atoms with Crippen LogP contribution in [-0.4, -0.2) is 48.2 Å². The minimum atomic E-state index is -0.855. The van der Waals surface area contributed by atoms with Gasteiger partial charge in [-0.05, 0) is 50.5 Å². The Hall–Kier alpha value is -0.680. The molecule has 0 bridgehead atoms. The number of amides is 1. The summed E-state index contributed by atoms with van der Waals surface area (Å²) in [4.78, 5) is 13.7. The van der Waals surface area contributed by atoms with Gasteiger partial charge in [-0.15, -0.1) is 0 Å². The van der Waals surface area contributed by atoms with Crippen molar-refractivity contribution in [1.82, 2.24) is 10.2 Å². The predicted octanol–water partition coefficient (Wildman–Crippen LogP) is 0.664. The second-order valence-electron chi connectivity index (χ2n) is 7.59. The molecular formula is C15H24FN3O. The Morgan fingerprint density at radius 3 is 2.75 bits per heavy atom. The molecule has 2 saturated heterocycles. The second kappa shape index (κ2) is 4.17. The Morgan fingerprint density at radius 1 is 1.35 bits per heavy atom. The van der Waals surface area contributed by atoms with Crippen molar-refractivity contribution in [2.45, 2.75) is 43.3 Å². The molecule has 3 N–H and O–H groups in total. The van der Waals surface area contributed by atoms with Crippen molar-refractivity contribution in [2.24, 2.45) is 23.5 Å². The first kappa shape index (κ1) is 13.0. The number of nitrogens with zero attached hydrogens (tertiary/aromatic N) is 1. The number of rotatable bonds is 4. The summed E-state index contributed by atoms with van der Waals surface area (Å²) in [5.41, 5.74) is 4.79. The lowest BCUT2D eigenvalue weighted by molar-refractivity contribution is -0.123. The minimum Gasteiger partial charge on any atom is -0.369 e. The monoisotopic (exact) mass is 281 g/mol. The van der Waals surface area contributed by atoms with Gasteiger partial charge in [-0.1, -0.05) is 0 Å². The van der Waals surface area contributed by atoms with Crippen LogP contribution in [0.1, 0.15) is 32.1 Å². The van der Waals surface area contributed by atoms with Crippen LogP contribution in [-0.2, 0) is 4.79 Å². The number of halogens is 1. The van der Waals surface area contributed by atoms with Crippen LogP contribution >= 0.6 is 0 Å². The largest absolute Gasteiger partial charge is 0.369 e. The summed E-state index contributed by atoms with van der Waals surface area (Å²) in [5, 5.41) is 3.63. The van der Waals surface area contributed by atoms with Gasteiger partial charge in [0.05, 0.1) is 0 Å². The quantitative estimate of drug-likeness (QED) is 0.796. The number of nitrogens with one attached hydrogen (secondary N) is 1. The Kier molecular flexibility index (Phi) is 2.71. The molecule has 4 rings (SSSR count). The molecule has 2 aliphatic carbocycles. The molecule has 0 radical (unpaired) electrons. The van der Waals surface area contributed by atoms with E-state index < -0.39 is 5.67 Å². The van der Waals surface area contributed by atoms with Gasteiger partial charge in [0.2, 0.25) is 5.91 Å². The Balaban J connectivity index is 1.29. The Bertz CT molecular complexity index is 433. The van der Waals surface area contributed by atoms with Crippen LogP contribution in [0.3, 0.4) is 0 Å². The molecule has 3 atom stereocenters. The van der Waals surface area contributed by atoms with E-state index in [2.05, 4.69) is 10.2 Å². The lowest BCUT2D eigenvalue weighted by atomic mass is 9.84. The molecule has 5 heteroatoms. The minimum absolute atomic E-state index is 0.0537. The normalized spacial score (nSPS) is 43.2. The molecule has 2 saturated carbocycles. The van der Waals surface area contributed by atoms with Crippen LogP contribution in [0.25, 0.3) is 0 Å². The maximum atomic E-state index is 13.7. The number of carbonyl (C=O) groups is 1. The zero-order valence-electron chi connectivity index (χ0n) is 11.9. The third-order valence-corrected chi connectivity index (χ3v) is 5.97. The molecule has 2 heterocycles. The highest BCUT2D eigenvalue weighted by Gasteiger charge is 2.61. The van der Waals surface area contributed by atoms with E-state index in [0.29, 0.717) is 18.4 Å². The average Bonchev–Trinajstić information content (AvgIpc) is 3.24. The van der Waals surface area contributed by atoms with E-state index >= 15 is 0 Å². The first-order valence-corrected chi connectivity index (χ1v) is 7.95. The van der Waals surface area contributed by atoms with Crippen LogP contribution in [0.2, 0.25) is 0 Å². The van der Waals surface area contributed by atoms with Gasteiger partial charge in [-0.2, -0.15) is 0 Å². The molecule has 3 unspecified atom stereocenters. The average molecular weight is 281 g/mol. The summed E-state index contributed by atoms with van der Waals surface area (Å²) < 4.78 is 13.7. The third kappa shape index (κ3) is 2.15. The lowest BCUT2D eigenvalue weighted by Crippen LogP contribution is -2.53. The van der Waals surface area contributed by atoms with Gasteiger partial charge in [0, 0.05) is 31.1 Å². The molecule has 1 spiro atoms. The van der Waals surface area contributed by atoms with E-state index in [0.717, 1.165) is 45.3 Å². The molecule has 4 fully saturated rings. The van der Waals surface area contributed by atoms with Crippen LogP contribution in [0, 0.1) is 17.8 Å². The van der Waals surface area contributed by atoms with Crippen molar-refractivity contribution in [3.8, 4) is 0 Å². The predicted molar refractivity (Wildman–Crippen MR) is 73.8 cm³/mol. The van der Waals surface area contributed by atoms with E-state index in [1.807, 2.05) is 0 Å². The van der Waals surface area contributed by atoms with E-state index in [1.54, 1.807) is 0 Å². The standard InChI is InChI=1S/C15H24FN3O/c16-14(2-3-14)9-19-7-11(8-19)12-6-15(12)5-10(13(17)20)1-4-18-15/h10-12,18H,1-9H2,(H2,17,20). The SMILES string of the molecule is NC(=O)C1CCNC2(C1)CC2C1CN(CC2(F)CC2)C1. The van der Waals surface area contributed by atoms with Gasteiger partial charge in [-0.25, -0.2) is 4.39 Å². The van der Waals surface area contributed by atoms with Crippen LogP contribution in [0.4, 0.5) is 4.39 Å². The van der Waals surface area contributed by atoms with Crippen molar-refractivity contribution in [3.63, 3.8) is 0 Å². The number of nitrogens with two attached hydrogens (primary N) is 1. The molecule has 0 aromatic heterocycles. The smallest absolute Gasteiger partial charge is 0.220 e. The molecule has 20 heavy (non-hydrogen) atoms. The summed E-state index contributed by atoms with van der Waals surface area (Å²) in [5.74, 6) is 1.28. The van der Waals surface area contributed by atoms with E-state index in [1.165, 1.54) is 6.42 Å². The highest BCUT2D eigenvalue weighted by Crippen LogP contribution is 2.56. The molecule has 112 valence electrons. The summed E-state index contributed by atoms with van der Waals surface area (Å²) in [6, 6.07) is 0. The Morgan fingerprint density at radius 2 is 2.10 bits per heavy atom. The van der Waals surface area contributed by atoms with Crippen molar-refractivity contribution in [2.75, 3.05) is 26.2 Å². The lowest BCUT2D eigenvalue weighted by Gasteiger charge is -2.42. The number of likely N-dealkylation sites (tertiary alicyclic amines) is 1. The van der Waals surface area contributed by atoms with Crippen molar-refractivity contribution in [3.05, 3.63) is 0 Å². The number of hydrogen-bond donors (Lipinski definition) is 2. The molecule has 0 aromatic rings. The fraction of sp³-hybridized carbons (Fsp3) is 0.933. The van der Waals surface area contributed by atoms with Gasteiger partial charge >= 0.3 is 0 Å². The zero-order valence-corrected chi connectivity index (χ0v) is 11.9. The first-order valence-electron chi connectivity index (χ1n) is 7.95. The maximum absolute atomic E-state index is 13.7. The van der Waals surface area contributed by atoms with E-state index in [-0.39, 0.29) is 17.4 Å². The van der Waals surface area contributed by atoms with Crippen molar-refractivity contribution in [1.29, 1.82) is 0 Å². The van der Waals surface area contributed by atoms with Crippen LogP contribution in [0.15, 0.2) is 0 Å². The number of carbonyl (C=O) groups excluding carboxylic acids is 1. The van der Waals surface area contributed by atoms with Gasteiger partial charge in [0.25, 0.3) is 0 Å². The third-order valence-electron chi connectivity index (χ3n) is 5.97. The maximum Gasteiger partial charge on any atom is 0.220 e. The highest BCUT2D eigenvalue weighted by atomic mass is 19.1. The first-order chi connectivity index (χ1) is 9.50. The van der Waals surface area contributed by atoms with Gasteiger partial charge in [0.15, 0.2) is 0 Å². The fourth-order valence-electron chi connectivity index (χ4n) is 4.43. The fourth-order valence-corrected chi connectivity index (χ4v) is 4.43. The van der Waals surface area contributed by atoms with Gasteiger partial charge < -0.3 is 11.1 Å². The summed E-state index contributed by atoms with van der Waals surface area (Å²) in [6.07, 6.45) is 4.48. The van der Waals surface area contributed by atoms with Gasteiger partial charge in [0.1, 0.15) is 5.67 Å². The van der Waals surface area contributed by atoms with Crippen LogP contribution in [0.5, 0.6) is 0 Å². The molecule has 2 aliphatic heterocycles. The van der Waals surface area contributed by atoms with Crippen LogP contribution < -0.4 is 11.1 Å². The molecular weight excluding hydrogens is 257 g/mol. The topological polar surface area (TPSA) is 58.4 Å². The highest BCUT2D eigenvalue weighted by molar-refractivity contribution is 5.77. The number of primary amides is 1. The number of piperidine rings is 1. The summed E-state index contributed by atoms with van der Waals surface area (Å²) in [6.45, 7) is 3.64. The van der Waals surface area contributed by atoms with Gasteiger partial charge in [-0.3, -0.25) is 9.69 Å². The van der Waals surface area contributed by atoms with Crippen molar-refractivity contribution < 1.29 is 9.18 Å². The molecule has 1 amide bonds. The molecule has 4 aliphatic rings. The molecule has 0 aromatic carbocycles. The van der Waals surface area contributed by atoms with E-state index in [4.69, 9.17) is 5.73 Å². The van der Waals surface area contributed by atoms with E-state index in [9.17, 15) is 9.18 Å². The number of hydrogen-bond acceptors (Lipinski definition) is 3. The van der Waals surface area contributed by atoms with Crippen molar-refractivity contribution >= 4 is 5.91 Å². The molecule has 4 nitrogen and oxygen atoms in total. The Labute approximate surface area is 119 Å². The second-order valence-corrected chi connectivity index (χ2v) is 7.59. The zero-order chi connectivity index (χ0) is 14.0. The summed E-state index contributed by atoms with van der Waals surface area (Å²) in [7, 11) is 0. The number of alkyl halides is 1.